The van der Waals surface area contributed by atoms with E-state index in [9.17, 15) is 0 Å². The van der Waals surface area contributed by atoms with Gasteiger partial charge in [-0.3, -0.25) is 4.90 Å². The smallest absolute Gasteiger partial charge is 0.0717 e. The van der Waals surface area contributed by atoms with E-state index < -0.39 is 0 Å². The highest BCUT2D eigenvalue weighted by Gasteiger charge is 2.30. The molecule has 0 radical (unpaired) electrons. The third-order valence-electron chi connectivity index (χ3n) is 2.56. The largest absolute Gasteiger partial charge is 0.374 e. The standard InChI is InChI=1S/C11H23NO/c1-9(2)13-10-6-7-12(8-10)11(3,4)5/h9-10H,6-8H2,1-5H3. The van der Waals surface area contributed by atoms with Gasteiger partial charge >= 0.3 is 0 Å². The van der Waals surface area contributed by atoms with Crippen LogP contribution in [0.5, 0.6) is 0 Å². The van der Waals surface area contributed by atoms with Crippen LogP contribution in [0.1, 0.15) is 41.0 Å². The first kappa shape index (κ1) is 11.0. The molecule has 2 heteroatoms. The van der Waals surface area contributed by atoms with Gasteiger partial charge in [-0.15, -0.1) is 0 Å². The Kier molecular flexibility index (Phi) is 3.36. The van der Waals surface area contributed by atoms with Crippen LogP contribution in [0.4, 0.5) is 0 Å². The third-order valence-corrected chi connectivity index (χ3v) is 2.56. The summed E-state index contributed by atoms with van der Waals surface area (Å²) in [6, 6.07) is 0. The van der Waals surface area contributed by atoms with Crippen LogP contribution >= 0.6 is 0 Å². The number of nitrogens with zero attached hydrogens (tertiary/aromatic N) is 1. The van der Waals surface area contributed by atoms with Crippen molar-refractivity contribution in [3.8, 4) is 0 Å². The first-order valence-corrected chi connectivity index (χ1v) is 5.30. The van der Waals surface area contributed by atoms with Gasteiger partial charge in [0.15, 0.2) is 0 Å². The Hall–Kier alpha value is -0.0800. The second-order valence-corrected chi connectivity index (χ2v) is 5.21. The molecule has 1 rings (SSSR count). The Morgan fingerprint density at radius 1 is 1.31 bits per heavy atom. The topological polar surface area (TPSA) is 12.5 Å². The van der Waals surface area contributed by atoms with Crippen molar-refractivity contribution in [3.63, 3.8) is 0 Å². The van der Waals surface area contributed by atoms with Crippen LogP contribution < -0.4 is 0 Å². The van der Waals surface area contributed by atoms with Crippen LogP contribution in [0.3, 0.4) is 0 Å². The molecule has 1 unspecified atom stereocenters. The van der Waals surface area contributed by atoms with Crippen molar-refractivity contribution in [1.82, 2.24) is 4.90 Å². The van der Waals surface area contributed by atoms with E-state index in [4.69, 9.17) is 4.74 Å². The van der Waals surface area contributed by atoms with Gasteiger partial charge in [0.1, 0.15) is 0 Å². The molecule has 0 aromatic rings. The highest BCUT2D eigenvalue weighted by molar-refractivity contribution is 4.85. The molecule has 1 saturated heterocycles. The summed E-state index contributed by atoms with van der Waals surface area (Å²) in [6.45, 7) is 13.3. The minimum Gasteiger partial charge on any atom is -0.374 e. The molecule has 1 heterocycles. The molecule has 1 aliphatic heterocycles. The Labute approximate surface area is 82.3 Å². The predicted molar refractivity (Wildman–Crippen MR) is 56.0 cm³/mol. The molecular formula is C11H23NO. The SMILES string of the molecule is CC(C)OC1CCN(C(C)(C)C)C1. The molecule has 13 heavy (non-hydrogen) atoms. The maximum atomic E-state index is 5.79. The highest BCUT2D eigenvalue weighted by Crippen LogP contribution is 2.22. The zero-order valence-electron chi connectivity index (χ0n) is 9.63. The number of hydrogen-bond acceptors (Lipinski definition) is 2. The minimum atomic E-state index is 0.301. The molecule has 78 valence electrons. The van der Waals surface area contributed by atoms with Gasteiger partial charge in [-0.05, 0) is 41.0 Å². The first-order chi connectivity index (χ1) is 5.89. The van der Waals surface area contributed by atoms with Crippen molar-refractivity contribution >= 4 is 0 Å². The molecular weight excluding hydrogens is 162 g/mol. The lowest BCUT2D eigenvalue weighted by molar-refractivity contribution is 0.00816. The van der Waals surface area contributed by atoms with Crippen LogP contribution in [-0.4, -0.2) is 35.7 Å². The Balaban J connectivity index is 2.36. The van der Waals surface area contributed by atoms with Gasteiger partial charge in [0.05, 0.1) is 12.2 Å². The highest BCUT2D eigenvalue weighted by atomic mass is 16.5. The fraction of sp³-hybridized carbons (Fsp3) is 1.00. The van der Waals surface area contributed by atoms with E-state index in [2.05, 4.69) is 39.5 Å². The van der Waals surface area contributed by atoms with Gasteiger partial charge in [0.2, 0.25) is 0 Å². The van der Waals surface area contributed by atoms with E-state index in [0.29, 0.717) is 17.7 Å². The Bertz CT molecular complexity index is 160. The number of hydrogen-bond donors (Lipinski definition) is 0. The summed E-state index contributed by atoms with van der Waals surface area (Å²) >= 11 is 0. The average Bonchev–Trinajstić information content (AvgIpc) is 2.32. The van der Waals surface area contributed by atoms with Crippen molar-refractivity contribution in [1.29, 1.82) is 0 Å². The molecule has 0 aromatic heterocycles. The summed E-state index contributed by atoms with van der Waals surface area (Å²) in [5.41, 5.74) is 0.301. The summed E-state index contributed by atoms with van der Waals surface area (Å²) in [5.74, 6) is 0. The average molecular weight is 185 g/mol. The summed E-state index contributed by atoms with van der Waals surface area (Å²) in [5, 5.41) is 0. The van der Waals surface area contributed by atoms with Gasteiger partial charge < -0.3 is 4.74 Å². The molecule has 0 bridgehead atoms. The molecule has 1 aliphatic rings. The van der Waals surface area contributed by atoms with Gasteiger partial charge in [-0.1, -0.05) is 0 Å². The van der Waals surface area contributed by atoms with Gasteiger partial charge in [-0.2, -0.15) is 0 Å². The Morgan fingerprint density at radius 3 is 2.31 bits per heavy atom. The number of rotatable bonds is 2. The van der Waals surface area contributed by atoms with E-state index in [-0.39, 0.29) is 0 Å². The van der Waals surface area contributed by atoms with Gasteiger partial charge in [0, 0.05) is 18.6 Å². The maximum Gasteiger partial charge on any atom is 0.0717 e. The van der Waals surface area contributed by atoms with E-state index in [1.807, 2.05) is 0 Å². The second kappa shape index (κ2) is 3.97. The van der Waals surface area contributed by atoms with Crippen LogP contribution in [0.15, 0.2) is 0 Å². The number of ether oxygens (including phenoxy) is 1. The third kappa shape index (κ3) is 3.28. The molecule has 0 saturated carbocycles. The lowest BCUT2D eigenvalue weighted by Gasteiger charge is -2.31. The van der Waals surface area contributed by atoms with Gasteiger partial charge in [-0.25, -0.2) is 0 Å². The normalized spacial score (nSPS) is 25.8. The molecule has 2 nitrogen and oxygen atoms in total. The molecule has 0 aromatic carbocycles. The second-order valence-electron chi connectivity index (χ2n) is 5.21. The summed E-state index contributed by atoms with van der Waals surface area (Å²) < 4.78 is 5.79. The quantitative estimate of drug-likeness (QED) is 0.654. The van der Waals surface area contributed by atoms with E-state index in [0.717, 1.165) is 6.54 Å². The van der Waals surface area contributed by atoms with Crippen LogP contribution in [0.25, 0.3) is 0 Å². The predicted octanol–water partition coefficient (Wildman–Crippen LogP) is 2.28. The summed E-state index contributed by atoms with van der Waals surface area (Å²) in [6.07, 6.45) is 2.01. The van der Waals surface area contributed by atoms with Crippen LogP contribution in [0.2, 0.25) is 0 Å². The lowest BCUT2D eigenvalue weighted by atomic mass is 10.1. The van der Waals surface area contributed by atoms with Crippen LogP contribution in [0, 0.1) is 0 Å². The van der Waals surface area contributed by atoms with Crippen molar-refractivity contribution < 1.29 is 4.74 Å². The molecule has 0 amide bonds. The first-order valence-electron chi connectivity index (χ1n) is 5.30. The fourth-order valence-corrected chi connectivity index (χ4v) is 1.83. The van der Waals surface area contributed by atoms with Crippen LogP contribution in [-0.2, 0) is 4.74 Å². The van der Waals surface area contributed by atoms with E-state index in [1.165, 1.54) is 13.0 Å². The molecule has 0 N–H and O–H groups in total. The molecule has 0 aliphatic carbocycles. The Morgan fingerprint density at radius 2 is 1.92 bits per heavy atom. The zero-order valence-corrected chi connectivity index (χ0v) is 9.63. The fourth-order valence-electron chi connectivity index (χ4n) is 1.83. The number of likely N-dealkylation sites (tertiary alicyclic amines) is 1. The zero-order chi connectivity index (χ0) is 10.1. The van der Waals surface area contributed by atoms with Crippen molar-refractivity contribution in [2.75, 3.05) is 13.1 Å². The molecule has 0 spiro atoms. The molecule has 1 atom stereocenters. The van der Waals surface area contributed by atoms with Crippen molar-refractivity contribution in [2.45, 2.75) is 58.8 Å². The monoisotopic (exact) mass is 185 g/mol. The van der Waals surface area contributed by atoms with Crippen molar-refractivity contribution in [3.05, 3.63) is 0 Å². The minimum absolute atomic E-state index is 0.301. The van der Waals surface area contributed by atoms with E-state index >= 15 is 0 Å². The maximum absolute atomic E-state index is 5.79. The molecule has 1 fully saturated rings. The van der Waals surface area contributed by atoms with Crippen molar-refractivity contribution in [2.24, 2.45) is 0 Å². The lowest BCUT2D eigenvalue weighted by Crippen LogP contribution is -2.40. The van der Waals surface area contributed by atoms with E-state index in [1.54, 1.807) is 0 Å². The summed E-state index contributed by atoms with van der Waals surface area (Å²) in [7, 11) is 0. The van der Waals surface area contributed by atoms with Gasteiger partial charge in [0.25, 0.3) is 0 Å². The summed E-state index contributed by atoms with van der Waals surface area (Å²) in [4.78, 5) is 2.50.